The van der Waals surface area contributed by atoms with Gasteiger partial charge in [0.2, 0.25) is 5.91 Å². The van der Waals surface area contributed by atoms with Gasteiger partial charge >= 0.3 is 0 Å². The van der Waals surface area contributed by atoms with E-state index in [0.29, 0.717) is 16.1 Å². The number of thiophene rings is 1. The Labute approximate surface area is 113 Å². The van der Waals surface area contributed by atoms with Crippen LogP contribution in [-0.2, 0) is 4.79 Å². The number of nitriles is 1. The number of nitrogens with zero attached hydrogens (tertiary/aromatic N) is 1. The first-order valence-electron chi connectivity index (χ1n) is 5.41. The van der Waals surface area contributed by atoms with Crippen LogP contribution in [0.2, 0.25) is 0 Å². The Morgan fingerprint density at radius 2 is 2.26 bits per heavy atom. The number of benzene rings is 1. The number of anilines is 1. The standard InChI is InChI=1S/C14H9FN2OS/c15-12-3-1-2-10(8-12)4-5-13(18)17-14-11(9-16)6-7-19-14/h1-8H,(H,17,18)/b5-4+. The molecule has 0 unspecified atom stereocenters. The van der Waals surface area contributed by atoms with Crippen LogP contribution in [-0.4, -0.2) is 5.91 Å². The van der Waals surface area contributed by atoms with Gasteiger partial charge in [-0.3, -0.25) is 4.79 Å². The van der Waals surface area contributed by atoms with E-state index in [1.807, 2.05) is 6.07 Å². The Bertz CT molecular complexity index is 670. The van der Waals surface area contributed by atoms with Gasteiger partial charge in [-0.1, -0.05) is 12.1 Å². The number of hydrogen-bond donors (Lipinski definition) is 1. The highest BCUT2D eigenvalue weighted by Crippen LogP contribution is 2.22. The summed E-state index contributed by atoms with van der Waals surface area (Å²) in [7, 11) is 0. The minimum absolute atomic E-state index is 0.354. The molecule has 0 fully saturated rings. The molecule has 3 nitrogen and oxygen atoms in total. The summed E-state index contributed by atoms with van der Waals surface area (Å²) in [4.78, 5) is 11.6. The topological polar surface area (TPSA) is 52.9 Å². The summed E-state index contributed by atoms with van der Waals surface area (Å²) >= 11 is 1.28. The fourth-order valence-electron chi connectivity index (χ4n) is 1.43. The van der Waals surface area contributed by atoms with Crippen molar-refractivity contribution in [3.05, 3.63) is 58.7 Å². The molecular formula is C14H9FN2OS. The summed E-state index contributed by atoms with van der Waals surface area (Å²) in [5.74, 6) is -0.712. The van der Waals surface area contributed by atoms with E-state index in [1.54, 1.807) is 23.6 Å². The fraction of sp³-hybridized carbons (Fsp3) is 0. The number of halogens is 1. The molecule has 1 aromatic carbocycles. The number of hydrogen-bond acceptors (Lipinski definition) is 3. The molecule has 0 spiro atoms. The van der Waals surface area contributed by atoms with Gasteiger partial charge in [0.25, 0.3) is 0 Å². The van der Waals surface area contributed by atoms with E-state index in [2.05, 4.69) is 5.32 Å². The largest absolute Gasteiger partial charge is 0.313 e. The zero-order valence-electron chi connectivity index (χ0n) is 9.76. The van der Waals surface area contributed by atoms with E-state index in [9.17, 15) is 9.18 Å². The van der Waals surface area contributed by atoms with Gasteiger partial charge in [-0.05, 0) is 35.2 Å². The first-order chi connectivity index (χ1) is 9.19. The molecule has 0 aliphatic carbocycles. The minimum atomic E-state index is -0.358. The second-order valence-electron chi connectivity index (χ2n) is 3.65. The van der Waals surface area contributed by atoms with Crippen molar-refractivity contribution in [1.29, 1.82) is 5.26 Å². The molecule has 0 bridgehead atoms. The van der Waals surface area contributed by atoms with Crippen LogP contribution in [0.5, 0.6) is 0 Å². The molecule has 1 N–H and O–H groups in total. The van der Waals surface area contributed by atoms with Crippen molar-refractivity contribution in [3.63, 3.8) is 0 Å². The fourth-order valence-corrected chi connectivity index (χ4v) is 2.17. The van der Waals surface area contributed by atoms with Gasteiger partial charge in [-0.25, -0.2) is 4.39 Å². The number of carbonyl (C=O) groups is 1. The number of rotatable bonds is 3. The molecule has 0 radical (unpaired) electrons. The SMILES string of the molecule is N#Cc1ccsc1NC(=O)/C=C/c1cccc(F)c1. The van der Waals surface area contributed by atoms with E-state index in [1.165, 1.54) is 35.6 Å². The monoisotopic (exact) mass is 272 g/mol. The summed E-state index contributed by atoms with van der Waals surface area (Å²) < 4.78 is 12.9. The van der Waals surface area contributed by atoms with Crippen molar-refractivity contribution >= 4 is 28.3 Å². The van der Waals surface area contributed by atoms with E-state index in [0.717, 1.165) is 0 Å². The molecule has 5 heteroatoms. The van der Waals surface area contributed by atoms with E-state index < -0.39 is 0 Å². The van der Waals surface area contributed by atoms with Crippen molar-refractivity contribution in [2.75, 3.05) is 5.32 Å². The molecule has 0 saturated heterocycles. The second-order valence-corrected chi connectivity index (χ2v) is 4.57. The van der Waals surface area contributed by atoms with Gasteiger partial charge in [0.1, 0.15) is 16.9 Å². The zero-order chi connectivity index (χ0) is 13.7. The van der Waals surface area contributed by atoms with Gasteiger partial charge in [0.05, 0.1) is 5.56 Å². The maximum absolute atomic E-state index is 12.9. The minimum Gasteiger partial charge on any atom is -0.313 e. The molecule has 1 aromatic heterocycles. The van der Waals surface area contributed by atoms with E-state index in [4.69, 9.17) is 5.26 Å². The van der Waals surface area contributed by atoms with Crippen LogP contribution in [0.25, 0.3) is 6.08 Å². The van der Waals surface area contributed by atoms with Crippen molar-refractivity contribution in [3.8, 4) is 6.07 Å². The van der Waals surface area contributed by atoms with Gasteiger partial charge in [-0.15, -0.1) is 11.3 Å². The molecule has 1 heterocycles. The van der Waals surface area contributed by atoms with Gasteiger partial charge < -0.3 is 5.32 Å². The Kier molecular flexibility index (Phi) is 4.06. The Morgan fingerprint density at radius 1 is 1.42 bits per heavy atom. The summed E-state index contributed by atoms with van der Waals surface area (Å²) in [5, 5.41) is 13.6. The normalized spacial score (nSPS) is 10.3. The summed E-state index contributed by atoms with van der Waals surface area (Å²) in [5.41, 5.74) is 1.03. The second kappa shape index (κ2) is 5.94. The lowest BCUT2D eigenvalue weighted by Crippen LogP contribution is -2.07. The van der Waals surface area contributed by atoms with Crippen LogP contribution >= 0.6 is 11.3 Å². The van der Waals surface area contributed by atoms with Crippen LogP contribution < -0.4 is 5.32 Å². The van der Waals surface area contributed by atoms with Crippen LogP contribution in [0, 0.1) is 17.1 Å². The van der Waals surface area contributed by atoms with Crippen molar-refractivity contribution in [2.24, 2.45) is 0 Å². The molecule has 2 rings (SSSR count). The van der Waals surface area contributed by atoms with Crippen molar-refractivity contribution < 1.29 is 9.18 Å². The average molecular weight is 272 g/mol. The van der Waals surface area contributed by atoms with Crippen molar-refractivity contribution in [1.82, 2.24) is 0 Å². The lowest BCUT2D eigenvalue weighted by Gasteiger charge is -1.98. The number of nitrogens with one attached hydrogen (secondary N) is 1. The molecule has 1 amide bonds. The third kappa shape index (κ3) is 3.50. The number of amides is 1. The maximum atomic E-state index is 12.9. The third-order valence-corrected chi connectivity index (χ3v) is 3.13. The van der Waals surface area contributed by atoms with Crippen LogP contribution in [0.3, 0.4) is 0 Å². The predicted octanol–water partition coefficient (Wildman–Crippen LogP) is 3.41. The molecule has 0 aliphatic rings. The Morgan fingerprint density at radius 3 is 3.00 bits per heavy atom. The highest BCUT2D eigenvalue weighted by atomic mass is 32.1. The van der Waals surface area contributed by atoms with Gasteiger partial charge in [0, 0.05) is 6.08 Å². The quantitative estimate of drug-likeness (QED) is 0.870. The highest BCUT2D eigenvalue weighted by molar-refractivity contribution is 7.14. The van der Waals surface area contributed by atoms with Crippen LogP contribution in [0.1, 0.15) is 11.1 Å². The Hall–Kier alpha value is -2.45. The van der Waals surface area contributed by atoms with E-state index >= 15 is 0 Å². The first kappa shape index (κ1) is 13.0. The predicted molar refractivity (Wildman–Crippen MR) is 73.1 cm³/mol. The molecule has 0 atom stereocenters. The molecular weight excluding hydrogens is 263 g/mol. The van der Waals surface area contributed by atoms with Gasteiger partial charge in [-0.2, -0.15) is 5.26 Å². The van der Waals surface area contributed by atoms with Crippen molar-refractivity contribution in [2.45, 2.75) is 0 Å². The zero-order valence-corrected chi connectivity index (χ0v) is 10.6. The molecule has 2 aromatic rings. The van der Waals surface area contributed by atoms with Crippen LogP contribution in [0.4, 0.5) is 9.39 Å². The molecule has 0 aliphatic heterocycles. The highest BCUT2D eigenvalue weighted by Gasteiger charge is 2.05. The molecule has 0 saturated carbocycles. The molecule has 19 heavy (non-hydrogen) atoms. The average Bonchev–Trinajstić information content (AvgIpc) is 2.84. The number of carbonyl (C=O) groups excluding carboxylic acids is 1. The Balaban J connectivity index is 2.04. The summed E-state index contributed by atoms with van der Waals surface area (Å²) in [6.07, 6.45) is 2.81. The lowest BCUT2D eigenvalue weighted by atomic mass is 10.2. The van der Waals surface area contributed by atoms with Gasteiger partial charge in [0.15, 0.2) is 0 Å². The van der Waals surface area contributed by atoms with Crippen LogP contribution in [0.15, 0.2) is 41.8 Å². The lowest BCUT2D eigenvalue weighted by molar-refractivity contribution is -0.111. The smallest absolute Gasteiger partial charge is 0.249 e. The first-order valence-corrected chi connectivity index (χ1v) is 6.29. The summed E-state index contributed by atoms with van der Waals surface area (Å²) in [6, 6.07) is 9.55. The molecule has 94 valence electrons. The summed E-state index contributed by atoms with van der Waals surface area (Å²) in [6.45, 7) is 0. The third-order valence-electron chi connectivity index (χ3n) is 2.30. The van der Waals surface area contributed by atoms with E-state index in [-0.39, 0.29) is 11.7 Å². The maximum Gasteiger partial charge on any atom is 0.249 e.